The highest BCUT2D eigenvalue weighted by molar-refractivity contribution is 5.98. The van der Waals surface area contributed by atoms with E-state index in [2.05, 4.69) is 15.3 Å². The van der Waals surface area contributed by atoms with E-state index in [1.54, 1.807) is 13.8 Å². The lowest BCUT2D eigenvalue weighted by Crippen LogP contribution is -2.42. The lowest BCUT2D eigenvalue weighted by molar-refractivity contribution is -0.128. The Morgan fingerprint density at radius 2 is 1.69 bits per heavy atom. The number of H-pyrrole nitrogens is 1. The van der Waals surface area contributed by atoms with Crippen LogP contribution in [0.2, 0.25) is 0 Å². The first-order chi connectivity index (χ1) is 13.9. The Labute approximate surface area is 169 Å². The summed E-state index contributed by atoms with van der Waals surface area (Å²) in [5.74, 6) is 1.21. The number of nitrogens with zero attached hydrogens (tertiary/aromatic N) is 1. The smallest absolute Gasteiger partial charge is 0.267 e. The zero-order valence-corrected chi connectivity index (χ0v) is 16.7. The minimum Gasteiger partial charge on any atom is -0.478 e. The van der Waals surface area contributed by atoms with Gasteiger partial charge >= 0.3 is 0 Å². The molecule has 0 radical (unpaired) electrons. The summed E-state index contributed by atoms with van der Waals surface area (Å²) < 4.78 is 5.90. The molecule has 0 unspecified atom stereocenters. The lowest BCUT2D eigenvalue weighted by Gasteiger charge is -2.26. The predicted octanol–water partition coefficient (Wildman–Crippen LogP) is 5.33. The Morgan fingerprint density at radius 3 is 2.45 bits per heavy atom. The average molecular weight is 385 g/mol. The SMILES string of the molecule is Cc1c(NC(=O)C(C)(C)Oc2ccccc2)cccc1-c1nc2ccccc2[nH]1. The molecule has 1 amide bonds. The molecule has 1 heterocycles. The molecule has 2 N–H and O–H groups in total. The zero-order valence-electron chi connectivity index (χ0n) is 16.7. The molecule has 4 rings (SSSR count). The number of ether oxygens (including phenoxy) is 1. The normalized spacial score (nSPS) is 11.4. The molecule has 0 saturated carbocycles. The van der Waals surface area contributed by atoms with Gasteiger partial charge in [0, 0.05) is 11.3 Å². The van der Waals surface area contributed by atoms with E-state index < -0.39 is 5.60 Å². The van der Waals surface area contributed by atoms with Crippen molar-refractivity contribution in [3.05, 3.63) is 78.4 Å². The second-order valence-corrected chi connectivity index (χ2v) is 7.46. The van der Waals surface area contributed by atoms with Gasteiger partial charge in [0.25, 0.3) is 5.91 Å². The molecule has 146 valence electrons. The van der Waals surface area contributed by atoms with Crippen LogP contribution in [0.3, 0.4) is 0 Å². The number of amides is 1. The molecule has 0 spiro atoms. The molecule has 5 heteroatoms. The number of aromatic amines is 1. The van der Waals surface area contributed by atoms with Crippen molar-refractivity contribution in [3.8, 4) is 17.1 Å². The summed E-state index contributed by atoms with van der Waals surface area (Å²) in [4.78, 5) is 20.9. The maximum Gasteiger partial charge on any atom is 0.267 e. The number of fused-ring (bicyclic) bond motifs is 1. The monoisotopic (exact) mass is 385 g/mol. The molecule has 3 aromatic carbocycles. The average Bonchev–Trinajstić information content (AvgIpc) is 3.14. The third-order valence-electron chi connectivity index (χ3n) is 4.89. The molecule has 0 saturated heterocycles. The summed E-state index contributed by atoms with van der Waals surface area (Å²) in [7, 11) is 0. The summed E-state index contributed by atoms with van der Waals surface area (Å²) in [6.45, 7) is 5.49. The molecule has 0 aliphatic rings. The minimum absolute atomic E-state index is 0.216. The van der Waals surface area contributed by atoms with Crippen molar-refractivity contribution < 1.29 is 9.53 Å². The number of nitrogens with one attached hydrogen (secondary N) is 2. The summed E-state index contributed by atoms with van der Waals surface area (Å²) in [5, 5.41) is 3.01. The first kappa shape index (κ1) is 18.7. The molecule has 5 nitrogen and oxygen atoms in total. The number of anilines is 1. The van der Waals surface area contributed by atoms with Crippen LogP contribution in [-0.4, -0.2) is 21.5 Å². The van der Waals surface area contributed by atoms with Crippen LogP contribution < -0.4 is 10.1 Å². The standard InChI is InChI=1S/C24H23N3O2/c1-16-18(22-25-20-13-7-8-14-21(20)26-22)12-9-15-19(16)27-23(28)24(2,3)29-17-10-5-4-6-11-17/h4-15H,1-3H3,(H,25,26)(H,27,28). The fourth-order valence-corrected chi connectivity index (χ4v) is 3.21. The van der Waals surface area contributed by atoms with Crippen molar-refractivity contribution in [2.24, 2.45) is 0 Å². The zero-order chi connectivity index (χ0) is 20.4. The Kier molecular flexibility index (Phi) is 4.80. The van der Waals surface area contributed by atoms with Crippen LogP contribution in [0.1, 0.15) is 19.4 Å². The number of carbonyl (C=O) groups excluding carboxylic acids is 1. The summed E-state index contributed by atoms with van der Waals surface area (Å²) in [5.41, 5.74) is 3.49. The Hall–Kier alpha value is -3.60. The maximum atomic E-state index is 12.9. The van der Waals surface area contributed by atoms with Gasteiger partial charge in [0.05, 0.1) is 11.0 Å². The van der Waals surface area contributed by atoms with E-state index >= 15 is 0 Å². The van der Waals surface area contributed by atoms with Gasteiger partial charge in [-0.3, -0.25) is 4.79 Å². The van der Waals surface area contributed by atoms with Crippen LogP contribution in [0.5, 0.6) is 5.75 Å². The van der Waals surface area contributed by atoms with Gasteiger partial charge in [-0.05, 0) is 56.7 Å². The van der Waals surface area contributed by atoms with Gasteiger partial charge in [-0.1, -0.05) is 42.5 Å². The van der Waals surface area contributed by atoms with E-state index in [0.29, 0.717) is 5.75 Å². The molecule has 0 aliphatic carbocycles. The molecule has 0 fully saturated rings. The van der Waals surface area contributed by atoms with Crippen LogP contribution in [0.15, 0.2) is 72.8 Å². The van der Waals surface area contributed by atoms with E-state index in [9.17, 15) is 4.79 Å². The predicted molar refractivity (Wildman–Crippen MR) is 116 cm³/mol. The van der Waals surface area contributed by atoms with Crippen molar-refractivity contribution in [2.45, 2.75) is 26.4 Å². The van der Waals surface area contributed by atoms with Crippen LogP contribution >= 0.6 is 0 Å². The Morgan fingerprint density at radius 1 is 0.966 bits per heavy atom. The largest absolute Gasteiger partial charge is 0.478 e. The molecule has 29 heavy (non-hydrogen) atoms. The highest BCUT2D eigenvalue weighted by Gasteiger charge is 2.30. The molecule has 0 atom stereocenters. The van der Waals surface area contributed by atoms with E-state index in [0.717, 1.165) is 33.7 Å². The number of rotatable bonds is 5. The van der Waals surface area contributed by atoms with E-state index in [4.69, 9.17) is 4.74 Å². The first-order valence-corrected chi connectivity index (χ1v) is 9.54. The highest BCUT2D eigenvalue weighted by atomic mass is 16.5. The van der Waals surface area contributed by atoms with Crippen molar-refractivity contribution in [3.63, 3.8) is 0 Å². The summed E-state index contributed by atoms with van der Waals surface area (Å²) in [6, 6.07) is 23.0. The van der Waals surface area contributed by atoms with E-state index in [1.165, 1.54) is 0 Å². The number of imidazole rings is 1. The number of benzene rings is 3. The van der Waals surface area contributed by atoms with Gasteiger partial charge in [-0.2, -0.15) is 0 Å². The number of hydrogen-bond acceptors (Lipinski definition) is 3. The number of carbonyl (C=O) groups is 1. The fourth-order valence-electron chi connectivity index (χ4n) is 3.21. The number of para-hydroxylation sites is 3. The van der Waals surface area contributed by atoms with Gasteiger partial charge in [0.15, 0.2) is 5.60 Å². The summed E-state index contributed by atoms with van der Waals surface area (Å²) >= 11 is 0. The third kappa shape index (κ3) is 3.85. The molecule has 4 aromatic rings. The van der Waals surface area contributed by atoms with Crippen molar-refractivity contribution in [1.82, 2.24) is 9.97 Å². The third-order valence-corrected chi connectivity index (χ3v) is 4.89. The van der Waals surface area contributed by atoms with Gasteiger partial charge < -0.3 is 15.0 Å². The molecule has 1 aromatic heterocycles. The van der Waals surface area contributed by atoms with Gasteiger partial charge in [-0.15, -0.1) is 0 Å². The highest BCUT2D eigenvalue weighted by Crippen LogP contribution is 2.29. The van der Waals surface area contributed by atoms with Crippen molar-refractivity contribution in [1.29, 1.82) is 0 Å². The van der Waals surface area contributed by atoms with Crippen molar-refractivity contribution in [2.75, 3.05) is 5.32 Å². The van der Waals surface area contributed by atoms with Crippen molar-refractivity contribution >= 4 is 22.6 Å². The van der Waals surface area contributed by atoms with Gasteiger partial charge in [0.2, 0.25) is 0 Å². The Bertz CT molecular complexity index is 1130. The van der Waals surface area contributed by atoms with Crippen LogP contribution in [0.4, 0.5) is 5.69 Å². The Balaban J connectivity index is 1.59. The van der Waals surface area contributed by atoms with Gasteiger partial charge in [0.1, 0.15) is 11.6 Å². The minimum atomic E-state index is -1.02. The quantitative estimate of drug-likeness (QED) is 0.488. The molecule has 0 bridgehead atoms. The lowest BCUT2D eigenvalue weighted by atomic mass is 10.0. The van der Waals surface area contributed by atoms with E-state index in [1.807, 2.05) is 79.7 Å². The van der Waals surface area contributed by atoms with Gasteiger partial charge in [-0.25, -0.2) is 4.98 Å². The molecular weight excluding hydrogens is 362 g/mol. The number of hydrogen-bond donors (Lipinski definition) is 2. The fraction of sp³-hybridized carbons (Fsp3) is 0.167. The molecule has 0 aliphatic heterocycles. The van der Waals surface area contributed by atoms with Crippen LogP contribution in [0.25, 0.3) is 22.4 Å². The first-order valence-electron chi connectivity index (χ1n) is 9.54. The van der Waals surface area contributed by atoms with E-state index in [-0.39, 0.29) is 5.91 Å². The maximum absolute atomic E-state index is 12.9. The topological polar surface area (TPSA) is 67.0 Å². The summed E-state index contributed by atoms with van der Waals surface area (Å²) in [6.07, 6.45) is 0. The molecular formula is C24H23N3O2. The second-order valence-electron chi connectivity index (χ2n) is 7.46. The van der Waals surface area contributed by atoms with Crippen LogP contribution in [-0.2, 0) is 4.79 Å². The van der Waals surface area contributed by atoms with Crippen LogP contribution in [0, 0.1) is 6.92 Å². The number of aromatic nitrogens is 2. The second kappa shape index (κ2) is 7.43.